The number of carbonyl (C=O) groups excluding carboxylic acids is 1. The summed E-state index contributed by atoms with van der Waals surface area (Å²) in [7, 11) is 1.63. The van der Waals surface area contributed by atoms with Crippen LogP contribution in [0.4, 0.5) is 5.82 Å². The molecule has 108 valence electrons. The number of fused-ring (bicyclic) bond motifs is 1. The van der Waals surface area contributed by atoms with Crippen molar-refractivity contribution < 1.29 is 4.79 Å². The monoisotopic (exact) mass is 292 g/mol. The van der Waals surface area contributed by atoms with Gasteiger partial charge in [-0.25, -0.2) is 4.98 Å². The molecule has 6 heteroatoms. The number of thiocarbonyl (C=S) groups is 1. The van der Waals surface area contributed by atoms with Gasteiger partial charge in [-0.1, -0.05) is 12.2 Å². The first kappa shape index (κ1) is 14.7. The molecule has 1 aromatic rings. The Morgan fingerprint density at radius 3 is 2.90 bits per heavy atom. The van der Waals surface area contributed by atoms with Crippen molar-refractivity contribution in [3.63, 3.8) is 0 Å². The second-order valence-corrected chi connectivity index (χ2v) is 5.31. The molecule has 1 amide bonds. The number of likely N-dealkylation sites (N-methyl/N-ethyl adjacent to an activating group) is 2. The van der Waals surface area contributed by atoms with Gasteiger partial charge in [-0.2, -0.15) is 0 Å². The molecule has 20 heavy (non-hydrogen) atoms. The number of pyridine rings is 1. The third kappa shape index (κ3) is 2.90. The van der Waals surface area contributed by atoms with E-state index in [1.807, 2.05) is 17.9 Å². The normalized spacial score (nSPS) is 12.9. The lowest BCUT2D eigenvalue weighted by Crippen LogP contribution is -2.37. The Balaban J connectivity index is 2.42. The van der Waals surface area contributed by atoms with Crippen LogP contribution in [0.1, 0.15) is 30.2 Å². The Morgan fingerprint density at radius 1 is 1.55 bits per heavy atom. The van der Waals surface area contributed by atoms with Gasteiger partial charge in [-0.15, -0.1) is 0 Å². The molecule has 0 fully saturated rings. The van der Waals surface area contributed by atoms with Crippen molar-refractivity contribution in [2.75, 3.05) is 25.0 Å². The standard InChI is InChI=1S/C14H20N4OS/c1-3-18(8-12(19)16-2)14-10(13(15)20)7-9-5-4-6-11(9)17-14/h7H,3-6,8H2,1-2H3,(H2,15,20)(H,16,19). The summed E-state index contributed by atoms with van der Waals surface area (Å²) in [5.41, 5.74) is 8.93. The molecule has 1 aliphatic rings. The minimum atomic E-state index is -0.0527. The van der Waals surface area contributed by atoms with Crippen LogP contribution in [0.2, 0.25) is 0 Å². The van der Waals surface area contributed by atoms with Gasteiger partial charge in [-0.05, 0) is 37.8 Å². The van der Waals surface area contributed by atoms with Crippen LogP contribution in [0, 0.1) is 0 Å². The summed E-state index contributed by atoms with van der Waals surface area (Å²) in [4.78, 5) is 18.6. The smallest absolute Gasteiger partial charge is 0.239 e. The quantitative estimate of drug-likeness (QED) is 0.785. The van der Waals surface area contributed by atoms with E-state index >= 15 is 0 Å². The number of aromatic nitrogens is 1. The first-order valence-corrected chi connectivity index (χ1v) is 7.25. The second-order valence-electron chi connectivity index (χ2n) is 4.87. The number of amides is 1. The zero-order valence-electron chi connectivity index (χ0n) is 11.9. The Morgan fingerprint density at radius 2 is 2.30 bits per heavy atom. The van der Waals surface area contributed by atoms with Crippen LogP contribution >= 0.6 is 12.2 Å². The molecule has 5 nitrogen and oxygen atoms in total. The Hall–Kier alpha value is -1.69. The van der Waals surface area contributed by atoms with Gasteiger partial charge in [0.1, 0.15) is 10.8 Å². The molecule has 1 heterocycles. The van der Waals surface area contributed by atoms with E-state index in [9.17, 15) is 4.79 Å². The van der Waals surface area contributed by atoms with E-state index in [0.29, 0.717) is 11.5 Å². The lowest BCUT2D eigenvalue weighted by molar-refractivity contribution is -0.119. The molecule has 0 aliphatic heterocycles. The second kappa shape index (κ2) is 6.17. The number of nitrogens with two attached hydrogens (primary N) is 1. The molecular weight excluding hydrogens is 272 g/mol. The minimum Gasteiger partial charge on any atom is -0.389 e. The van der Waals surface area contributed by atoms with Crippen molar-refractivity contribution in [3.05, 3.63) is 22.9 Å². The predicted octanol–water partition coefficient (Wildman–Crippen LogP) is 0.777. The number of nitrogens with zero attached hydrogens (tertiary/aromatic N) is 2. The van der Waals surface area contributed by atoms with Crippen molar-refractivity contribution in [1.29, 1.82) is 0 Å². The molecule has 0 bridgehead atoms. The third-order valence-electron chi connectivity index (χ3n) is 3.59. The molecule has 2 rings (SSSR count). The maximum atomic E-state index is 11.6. The largest absolute Gasteiger partial charge is 0.389 e. The summed E-state index contributed by atoms with van der Waals surface area (Å²) >= 11 is 5.14. The third-order valence-corrected chi connectivity index (χ3v) is 3.81. The SMILES string of the molecule is CCN(CC(=O)NC)c1nc2c(cc1C(N)=S)CCC2. The summed E-state index contributed by atoms with van der Waals surface area (Å²) in [6, 6.07) is 2.04. The van der Waals surface area contributed by atoms with Crippen molar-refractivity contribution >= 4 is 28.9 Å². The first-order chi connectivity index (χ1) is 9.56. The van der Waals surface area contributed by atoms with E-state index in [1.54, 1.807) is 7.05 Å². The summed E-state index contributed by atoms with van der Waals surface area (Å²) in [5, 5.41) is 2.63. The van der Waals surface area contributed by atoms with Crippen molar-refractivity contribution in [2.45, 2.75) is 26.2 Å². The molecule has 0 atom stereocenters. The van der Waals surface area contributed by atoms with Crippen molar-refractivity contribution in [3.8, 4) is 0 Å². The summed E-state index contributed by atoms with van der Waals surface area (Å²) in [6.45, 7) is 2.92. The Kier molecular flexibility index (Phi) is 4.54. The lowest BCUT2D eigenvalue weighted by atomic mass is 10.1. The average Bonchev–Trinajstić information content (AvgIpc) is 2.90. The molecule has 0 saturated carbocycles. The molecule has 0 spiro atoms. The van der Waals surface area contributed by atoms with Gasteiger partial charge < -0.3 is 16.0 Å². The molecular formula is C14H20N4OS. The number of carbonyl (C=O) groups is 1. The molecule has 0 radical (unpaired) electrons. The van der Waals surface area contributed by atoms with Crippen molar-refractivity contribution in [2.24, 2.45) is 5.73 Å². The average molecular weight is 292 g/mol. The summed E-state index contributed by atoms with van der Waals surface area (Å²) in [5.74, 6) is 0.673. The van der Waals surface area contributed by atoms with Gasteiger partial charge in [0.05, 0.1) is 12.1 Å². The van der Waals surface area contributed by atoms with Crippen LogP contribution in [-0.2, 0) is 17.6 Å². The molecule has 0 saturated heterocycles. The topological polar surface area (TPSA) is 71.2 Å². The molecule has 0 unspecified atom stereocenters. The maximum absolute atomic E-state index is 11.6. The number of hydrogen-bond donors (Lipinski definition) is 2. The van der Waals surface area contributed by atoms with E-state index in [1.165, 1.54) is 5.56 Å². The van der Waals surface area contributed by atoms with E-state index in [0.717, 1.165) is 36.3 Å². The fourth-order valence-electron chi connectivity index (χ4n) is 2.47. The van der Waals surface area contributed by atoms with Crippen molar-refractivity contribution in [1.82, 2.24) is 10.3 Å². The van der Waals surface area contributed by atoms with Crippen LogP contribution in [0.25, 0.3) is 0 Å². The zero-order chi connectivity index (χ0) is 14.7. The van der Waals surface area contributed by atoms with E-state index in [4.69, 9.17) is 22.9 Å². The number of aryl methyl sites for hydroxylation is 2. The first-order valence-electron chi connectivity index (χ1n) is 6.85. The fraction of sp³-hybridized carbons (Fsp3) is 0.500. The lowest BCUT2D eigenvalue weighted by Gasteiger charge is -2.24. The number of rotatable bonds is 5. The van der Waals surface area contributed by atoms with Gasteiger partial charge in [0, 0.05) is 19.3 Å². The highest BCUT2D eigenvalue weighted by atomic mass is 32.1. The highest BCUT2D eigenvalue weighted by Gasteiger charge is 2.21. The van der Waals surface area contributed by atoms with Gasteiger partial charge >= 0.3 is 0 Å². The minimum absolute atomic E-state index is 0.0527. The molecule has 0 aromatic carbocycles. The summed E-state index contributed by atoms with van der Waals surface area (Å²) in [6.07, 6.45) is 3.13. The van der Waals surface area contributed by atoms with Gasteiger partial charge in [0.2, 0.25) is 5.91 Å². The van der Waals surface area contributed by atoms with Gasteiger partial charge in [0.15, 0.2) is 0 Å². The molecule has 3 N–H and O–H groups in total. The Bertz CT molecular complexity index is 544. The fourth-order valence-corrected chi connectivity index (χ4v) is 2.62. The highest BCUT2D eigenvalue weighted by molar-refractivity contribution is 7.80. The summed E-state index contributed by atoms with van der Waals surface area (Å²) < 4.78 is 0. The van der Waals surface area contributed by atoms with E-state index < -0.39 is 0 Å². The number of nitrogens with one attached hydrogen (secondary N) is 1. The van der Waals surface area contributed by atoms with E-state index in [-0.39, 0.29) is 12.5 Å². The van der Waals surface area contributed by atoms with Crippen LogP contribution in [0.5, 0.6) is 0 Å². The van der Waals surface area contributed by atoms with Crippen LogP contribution in [-0.4, -0.2) is 36.0 Å². The van der Waals surface area contributed by atoms with Crippen LogP contribution in [0.15, 0.2) is 6.07 Å². The van der Waals surface area contributed by atoms with E-state index in [2.05, 4.69) is 5.32 Å². The predicted molar refractivity (Wildman–Crippen MR) is 84.1 cm³/mol. The van der Waals surface area contributed by atoms with Crippen LogP contribution < -0.4 is 16.0 Å². The zero-order valence-corrected chi connectivity index (χ0v) is 12.7. The Labute approximate surface area is 124 Å². The van der Waals surface area contributed by atoms with Gasteiger partial charge in [-0.3, -0.25) is 4.79 Å². The highest BCUT2D eigenvalue weighted by Crippen LogP contribution is 2.27. The van der Waals surface area contributed by atoms with Gasteiger partial charge in [0.25, 0.3) is 0 Å². The van der Waals surface area contributed by atoms with Crippen LogP contribution in [0.3, 0.4) is 0 Å². The maximum Gasteiger partial charge on any atom is 0.239 e. The molecule has 1 aromatic heterocycles. The molecule has 1 aliphatic carbocycles. The number of hydrogen-bond acceptors (Lipinski definition) is 4. The number of anilines is 1.